The van der Waals surface area contributed by atoms with Crippen LogP contribution in [0.2, 0.25) is 0 Å². The number of hydrogen-bond donors (Lipinski definition) is 1. The minimum atomic E-state index is -1.26. The minimum absolute atomic E-state index is 0.0148. The third kappa shape index (κ3) is 1.74. The molecule has 6 heteroatoms. The molecule has 3 nitrogen and oxygen atoms in total. The van der Waals surface area contributed by atoms with Gasteiger partial charge in [0.1, 0.15) is 11.7 Å². The number of carbonyl (C=O) groups excluding carboxylic acids is 2. The van der Waals surface area contributed by atoms with E-state index in [1.807, 2.05) is 0 Å². The van der Waals surface area contributed by atoms with Crippen LogP contribution in [0, 0.1) is 17.6 Å². The predicted octanol–water partition coefficient (Wildman–Crippen LogP) is 2.11. The average molecular weight is 255 g/mol. The van der Waals surface area contributed by atoms with Gasteiger partial charge in [-0.2, -0.15) is 0 Å². The lowest BCUT2D eigenvalue weighted by Gasteiger charge is -2.24. The number of ketones is 2. The van der Waals surface area contributed by atoms with Crippen molar-refractivity contribution in [2.75, 3.05) is 5.32 Å². The second kappa shape index (κ2) is 3.96. The van der Waals surface area contributed by atoms with E-state index in [1.165, 1.54) is 13.0 Å². The van der Waals surface area contributed by atoms with Crippen molar-refractivity contribution in [1.82, 2.24) is 0 Å². The Labute approximate surface area is 101 Å². The van der Waals surface area contributed by atoms with E-state index >= 15 is 0 Å². The first kappa shape index (κ1) is 11.8. The smallest absolute Gasteiger partial charge is 0.185 e. The number of fused-ring (bicyclic) bond motifs is 1. The minimum Gasteiger partial charge on any atom is -0.348 e. The highest BCUT2D eigenvalue weighted by atomic mass is 32.1. The number of rotatable bonds is 1. The molecule has 1 aromatic rings. The molecule has 0 amide bonds. The molecule has 1 aliphatic rings. The summed E-state index contributed by atoms with van der Waals surface area (Å²) in [5, 5.41) is 2.57. The molecular formula is C11H7F2NO2S. The summed E-state index contributed by atoms with van der Waals surface area (Å²) >= 11 is 4.86. The normalized spacial score (nSPS) is 18.6. The fourth-order valence-electron chi connectivity index (χ4n) is 1.73. The van der Waals surface area contributed by atoms with Crippen molar-refractivity contribution in [3.63, 3.8) is 0 Å². The largest absolute Gasteiger partial charge is 0.348 e. The highest BCUT2D eigenvalue weighted by molar-refractivity contribution is 7.80. The first-order valence-corrected chi connectivity index (χ1v) is 5.18. The van der Waals surface area contributed by atoms with Crippen LogP contribution in [0.5, 0.6) is 0 Å². The molecule has 1 aliphatic heterocycles. The Morgan fingerprint density at radius 2 is 2.06 bits per heavy atom. The summed E-state index contributed by atoms with van der Waals surface area (Å²) in [4.78, 5) is 23.2. The number of thiocarbonyl (C=S) groups is 1. The second-order valence-electron chi connectivity index (χ2n) is 3.68. The maximum absolute atomic E-state index is 13.5. The summed E-state index contributed by atoms with van der Waals surface area (Å²) < 4.78 is 26.5. The van der Waals surface area contributed by atoms with E-state index in [9.17, 15) is 18.4 Å². The van der Waals surface area contributed by atoms with E-state index < -0.39 is 34.7 Å². The first-order chi connectivity index (χ1) is 7.93. The van der Waals surface area contributed by atoms with Crippen LogP contribution in [0.4, 0.5) is 14.5 Å². The summed E-state index contributed by atoms with van der Waals surface area (Å²) in [6.07, 6.45) is 0. The number of Topliss-reactive ketones (excluding diaryl/α,β-unsaturated/α-hetero) is 2. The summed E-state index contributed by atoms with van der Waals surface area (Å²) in [5.41, 5.74) is -0.352. The number of hydrogen-bond acceptors (Lipinski definition) is 3. The molecule has 88 valence electrons. The molecule has 0 saturated carbocycles. The Morgan fingerprint density at radius 3 is 2.65 bits per heavy atom. The zero-order valence-electron chi connectivity index (χ0n) is 8.71. The standard InChI is InChI=1S/C11H7F2NO2S/c1-4(15)7-10(16)8-6(14-11(7)17)3-2-5(12)9(8)13/h2-3,7H,1H3,(H,14,17). The zero-order chi connectivity index (χ0) is 12.7. The lowest BCUT2D eigenvalue weighted by Crippen LogP contribution is -2.39. The van der Waals surface area contributed by atoms with E-state index in [1.54, 1.807) is 0 Å². The summed E-state index contributed by atoms with van der Waals surface area (Å²) in [6.45, 7) is 1.18. The van der Waals surface area contributed by atoms with Crippen molar-refractivity contribution < 1.29 is 18.4 Å². The molecule has 0 saturated heterocycles. The quantitative estimate of drug-likeness (QED) is 0.616. The maximum Gasteiger partial charge on any atom is 0.185 e. The predicted molar refractivity (Wildman–Crippen MR) is 61.1 cm³/mol. The third-order valence-corrected chi connectivity index (χ3v) is 2.87. The van der Waals surface area contributed by atoms with Gasteiger partial charge in [0, 0.05) is 0 Å². The van der Waals surface area contributed by atoms with E-state index in [4.69, 9.17) is 12.2 Å². The topological polar surface area (TPSA) is 46.2 Å². The number of nitrogens with one attached hydrogen (secondary N) is 1. The number of halogens is 2. The van der Waals surface area contributed by atoms with Gasteiger partial charge in [-0.3, -0.25) is 9.59 Å². The molecule has 0 radical (unpaired) electrons. The molecule has 17 heavy (non-hydrogen) atoms. The van der Waals surface area contributed by atoms with E-state index in [-0.39, 0.29) is 10.7 Å². The van der Waals surface area contributed by atoms with Crippen LogP contribution in [0.25, 0.3) is 0 Å². The van der Waals surface area contributed by atoms with Gasteiger partial charge in [-0.15, -0.1) is 0 Å². The van der Waals surface area contributed by atoms with Crippen molar-refractivity contribution in [3.05, 3.63) is 29.3 Å². The lowest BCUT2D eigenvalue weighted by molar-refractivity contribution is -0.117. The maximum atomic E-state index is 13.5. The first-order valence-electron chi connectivity index (χ1n) is 4.77. The Morgan fingerprint density at radius 1 is 1.41 bits per heavy atom. The monoisotopic (exact) mass is 255 g/mol. The van der Waals surface area contributed by atoms with Crippen molar-refractivity contribution >= 4 is 34.5 Å². The fraction of sp³-hybridized carbons (Fsp3) is 0.182. The van der Waals surface area contributed by atoms with Crippen LogP contribution in [0.1, 0.15) is 17.3 Å². The number of benzene rings is 1. The second-order valence-corrected chi connectivity index (χ2v) is 4.12. The highest BCUT2D eigenvalue weighted by Crippen LogP contribution is 2.30. The van der Waals surface area contributed by atoms with Gasteiger partial charge in [0.05, 0.1) is 16.2 Å². The Balaban J connectivity index is 2.64. The van der Waals surface area contributed by atoms with Crippen LogP contribution in [-0.2, 0) is 4.79 Å². The van der Waals surface area contributed by atoms with Gasteiger partial charge in [-0.25, -0.2) is 8.78 Å². The Bertz CT molecular complexity index is 557. The molecule has 0 spiro atoms. The molecule has 1 N–H and O–H groups in total. The molecular weight excluding hydrogens is 248 g/mol. The van der Waals surface area contributed by atoms with Gasteiger partial charge in [0.25, 0.3) is 0 Å². The molecule has 0 aliphatic carbocycles. The third-order valence-electron chi connectivity index (χ3n) is 2.53. The SMILES string of the molecule is CC(=O)C1C(=O)c2c(ccc(F)c2F)NC1=S. The van der Waals surface area contributed by atoms with Crippen LogP contribution < -0.4 is 5.32 Å². The molecule has 1 heterocycles. The Kier molecular flexibility index (Phi) is 2.74. The molecule has 1 unspecified atom stereocenters. The van der Waals surface area contributed by atoms with Crippen molar-refractivity contribution in [3.8, 4) is 0 Å². The summed E-state index contributed by atoms with van der Waals surface area (Å²) in [7, 11) is 0. The van der Waals surface area contributed by atoms with Crippen molar-refractivity contribution in [1.29, 1.82) is 0 Å². The van der Waals surface area contributed by atoms with Crippen LogP contribution >= 0.6 is 12.2 Å². The van der Waals surface area contributed by atoms with Gasteiger partial charge in [0.15, 0.2) is 17.4 Å². The molecule has 2 rings (SSSR count). The molecule has 0 bridgehead atoms. The van der Waals surface area contributed by atoms with E-state index in [0.29, 0.717) is 0 Å². The van der Waals surface area contributed by atoms with Crippen LogP contribution in [0.15, 0.2) is 12.1 Å². The molecule has 1 aromatic carbocycles. The van der Waals surface area contributed by atoms with Crippen molar-refractivity contribution in [2.45, 2.75) is 6.92 Å². The van der Waals surface area contributed by atoms with Gasteiger partial charge >= 0.3 is 0 Å². The zero-order valence-corrected chi connectivity index (χ0v) is 9.53. The molecule has 1 atom stereocenters. The fourth-order valence-corrected chi connectivity index (χ4v) is 2.12. The van der Waals surface area contributed by atoms with Crippen LogP contribution in [-0.4, -0.2) is 16.6 Å². The van der Waals surface area contributed by atoms with Gasteiger partial charge < -0.3 is 5.32 Å². The van der Waals surface area contributed by atoms with Crippen LogP contribution in [0.3, 0.4) is 0 Å². The summed E-state index contributed by atoms with van der Waals surface area (Å²) in [6, 6.07) is 2.11. The number of carbonyl (C=O) groups is 2. The molecule has 0 aromatic heterocycles. The van der Waals surface area contributed by atoms with Gasteiger partial charge in [-0.05, 0) is 19.1 Å². The average Bonchev–Trinajstić information content (AvgIpc) is 2.22. The summed E-state index contributed by atoms with van der Waals surface area (Å²) in [5.74, 6) is -4.91. The highest BCUT2D eigenvalue weighted by Gasteiger charge is 2.37. The van der Waals surface area contributed by atoms with Crippen molar-refractivity contribution in [2.24, 2.45) is 5.92 Å². The molecule has 0 fully saturated rings. The van der Waals surface area contributed by atoms with E-state index in [0.717, 1.165) is 6.07 Å². The lowest BCUT2D eigenvalue weighted by atomic mass is 9.89. The van der Waals surface area contributed by atoms with Gasteiger partial charge in [-0.1, -0.05) is 12.2 Å². The number of anilines is 1. The van der Waals surface area contributed by atoms with Gasteiger partial charge in [0.2, 0.25) is 0 Å². The Hall–Kier alpha value is -1.69. The van der Waals surface area contributed by atoms with E-state index in [2.05, 4.69) is 5.32 Å².